The largest absolute Gasteiger partial charge is 0.355 e. The minimum atomic E-state index is -0.0803. The molecule has 2 aromatic rings. The van der Waals surface area contributed by atoms with E-state index in [0.29, 0.717) is 24.8 Å². The van der Waals surface area contributed by atoms with Crippen LogP contribution in [0.15, 0.2) is 64.4 Å². The first-order valence-corrected chi connectivity index (χ1v) is 8.17. The minimum absolute atomic E-state index is 0.0312. The molecule has 4 nitrogen and oxygen atoms in total. The highest BCUT2D eigenvalue weighted by Crippen LogP contribution is 2.21. The molecule has 0 saturated heterocycles. The molecule has 1 aromatic heterocycles. The Morgan fingerprint density at radius 3 is 2.64 bits per heavy atom. The Bertz CT molecular complexity index is 655. The van der Waals surface area contributed by atoms with E-state index in [1.807, 2.05) is 18.2 Å². The Kier molecular flexibility index (Phi) is 6.27. The van der Waals surface area contributed by atoms with Gasteiger partial charge in [-0.1, -0.05) is 31.2 Å². The molecule has 1 N–H and O–H groups in total. The van der Waals surface area contributed by atoms with Crippen LogP contribution in [0.3, 0.4) is 0 Å². The van der Waals surface area contributed by atoms with Gasteiger partial charge in [-0.05, 0) is 18.2 Å². The second-order valence-corrected chi connectivity index (χ2v) is 6.54. The number of benzene rings is 1. The van der Waals surface area contributed by atoms with Crippen molar-refractivity contribution in [1.82, 2.24) is 9.88 Å². The summed E-state index contributed by atoms with van der Waals surface area (Å²) < 4.78 is 1.54. The van der Waals surface area contributed by atoms with Crippen molar-refractivity contribution in [2.75, 3.05) is 6.54 Å². The van der Waals surface area contributed by atoms with Gasteiger partial charge in [-0.3, -0.25) is 9.59 Å². The number of aromatic nitrogens is 1. The van der Waals surface area contributed by atoms with Crippen LogP contribution in [0.5, 0.6) is 0 Å². The zero-order valence-corrected chi connectivity index (χ0v) is 13.4. The molecule has 2 rings (SSSR count). The third-order valence-corrected chi connectivity index (χ3v) is 4.26. The highest BCUT2D eigenvalue weighted by Gasteiger charge is 2.07. The van der Waals surface area contributed by atoms with Crippen LogP contribution in [-0.2, 0) is 11.3 Å². The van der Waals surface area contributed by atoms with Crippen LogP contribution in [0.1, 0.15) is 13.3 Å². The summed E-state index contributed by atoms with van der Waals surface area (Å²) in [6, 6.07) is 15.1. The predicted molar refractivity (Wildman–Crippen MR) is 90.1 cm³/mol. The van der Waals surface area contributed by atoms with Gasteiger partial charge < -0.3 is 9.88 Å². The van der Waals surface area contributed by atoms with Crippen molar-refractivity contribution in [2.45, 2.75) is 30.0 Å². The lowest BCUT2D eigenvalue weighted by Crippen LogP contribution is -2.31. The van der Waals surface area contributed by atoms with Gasteiger partial charge in [-0.15, -0.1) is 11.8 Å². The summed E-state index contributed by atoms with van der Waals surface area (Å²) in [5.74, 6) is -0.0312. The number of thioether (sulfide) groups is 1. The summed E-state index contributed by atoms with van der Waals surface area (Å²) in [6.07, 6.45) is 2.01. The number of hydrogen-bond acceptors (Lipinski definition) is 3. The number of pyridine rings is 1. The topological polar surface area (TPSA) is 51.1 Å². The number of rotatable bonds is 7. The summed E-state index contributed by atoms with van der Waals surface area (Å²) >= 11 is 1.73. The number of nitrogens with zero attached hydrogens (tertiary/aromatic N) is 1. The van der Waals surface area contributed by atoms with Gasteiger partial charge in [0.05, 0.1) is 0 Å². The molecule has 0 aliphatic carbocycles. The SMILES string of the molecule is CC(CNC(=O)CCn1ccccc1=O)Sc1ccccc1. The molecular weight excluding hydrogens is 296 g/mol. The molecule has 1 atom stereocenters. The van der Waals surface area contributed by atoms with Crippen molar-refractivity contribution in [3.63, 3.8) is 0 Å². The number of hydrogen-bond donors (Lipinski definition) is 1. The number of nitrogens with one attached hydrogen (secondary N) is 1. The van der Waals surface area contributed by atoms with Crippen molar-refractivity contribution in [2.24, 2.45) is 0 Å². The summed E-state index contributed by atoms with van der Waals surface area (Å²) in [7, 11) is 0. The van der Waals surface area contributed by atoms with Crippen LogP contribution in [0, 0.1) is 0 Å². The van der Waals surface area contributed by atoms with E-state index < -0.39 is 0 Å². The van der Waals surface area contributed by atoms with Crippen molar-refractivity contribution in [3.8, 4) is 0 Å². The standard InChI is InChI=1S/C17H20N2O2S/c1-14(22-15-7-3-2-4-8-15)13-18-16(20)10-12-19-11-6-5-9-17(19)21/h2-9,11,14H,10,12-13H2,1H3,(H,18,20). The van der Waals surface area contributed by atoms with Crippen LogP contribution in [0.4, 0.5) is 0 Å². The number of carbonyl (C=O) groups excluding carboxylic acids is 1. The zero-order valence-electron chi connectivity index (χ0n) is 12.6. The van der Waals surface area contributed by atoms with E-state index in [2.05, 4.69) is 24.4 Å². The fourth-order valence-electron chi connectivity index (χ4n) is 1.99. The Labute approximate surface area is 134 Å². The van der Waals surface area contributed by atoms with Gasteiger partial charge in [-0.25, -0.2) is 0 Å². The van der Waals surface area contributed by atoms with Gasteiger partial charge in [0.25, 0.3) is 5.56 Å². The summed E-state index contributed by atoms with van der Waals surface area (Å²) in [5.41, 5.74) is -0.0803. The lowest BCUT2D eigenvalue weighted by Gasteiger charge is -2.12. The van der Waals surface area contributed by atoms with Crippen molar-refractivity contribution in [3.05, 3.63) is 65.1 Å². The van der Waals surface area contributed by atoms with E-state index in [0.717, 1.165) is 0 Å². The molecule has 0 aliphatic rings. The summed E-state index contributed by atoms with van der Waals surface area (Å²) in [6.45, 7) is 3.10. The number of aryl methyl sites for hydroxylation is 1. The first-order chi connectivity index (χ1) is 10.6. The molecule has 0 fully saturated rings. The highest BCUT2D eigenvalue weighted by atomic mass is 32.2. The average molecular weight is 316 g/mol. The van der Waals surface area contributed by atoms with Gasteiger partial charge in [0.1, 0.15) is 0 Å². The van der Waals surface area contributed by atoms with Gasteiger partial charge in [0, 0.05) is 41.9 Å². The van der Waals surface area contributed by atoms with Gasteiger partial charge in [0.15, 0.2) is 0 Å². The lowest BCUT2D eigenvalue weighted by molar-refractivity contribution is -0.121. The summed E-state index contributed by atoms with van der Waals surface area (Å²) in [4.78, 5) is 24.6. The van der Waals surface area contributed by atoms with Crippen LogP contribution >= 0.6 is 11.8 Å². The quantitative estimate of drug-likeness (QED) is 0.799. The van der Waals surface area contributed by atoms with E-state index in [4.69, 9.17) is 0 Å². The van der Waals surface area contributed by atoms with Crippen molar-refractivity contribution >= 4 is 17.7 Å². The molecule has 116 valence electrons. The monoisotopic (exact) mass is 316 g/mol. The fourth-order valence-corrected chi connectivity index (χ4v) is 2.93. The Hall–Kier alpha value is -2.01. The minimum Gasteiger partial charge on any atom is -0.355 e. The molecule has 0 aliphatic heterocycles. The van der Waals surface area contributed by atoms with Crippen LogP contribution < -0.4 is 10.9 Å². The normalized spacial score (nSPS) is 11.9. The first-order valence-electron chi connectivity index (χ1n) is 7.29. The maximum absolute atomic E-state index is 11.8. The molecule has 1 amide bonds. The molecule has 0 saturated carbocycles. The van der Waals surface area contributed by atoms with Gasteiger partial charge >= 0.3 is 0 Å². The van der Waals surface area contributed by atoms with E-state index in [1.54, 1.807) is 34.7 Å². The second-order valence-electron chi connectivity index (χ2n) is 5.03. The van der Waals surface area contributed by atoms with Crippen LogP contribution in [0.2, 0.25) is 0 Å². The predicted octanol–water partition coefficient (Wildman–Crippen LogP) is 2.54. The van der Waals surface area contributed by atoms with Crippen molar-refractivity contribution < 1.29 is 4.79 Å². The molecule has 1 unspecified atom stereocenters. The lowest BCUT2D eigenvalue weighted by atomic mass is 10.3. The maximum Gasteiger partial charge on any atom is 0.250 e. The molecule has 5 heteroatoms. The smallest absolute Gasteiger partial charge is 0.250 e. The van der Waals surface area contributed by atoms with Crippen LogP contribution in [0.25, 0.3) is 0 Å². The van der Waals surface area contributed by atoms with Gasteiger partial charge in [-0.2, -0.15) is 0 Å². The molecule has 0 bridgehead atoms. The van der Waals surface area contributed by atoms with Gasteiger partial charge in [0.2, 0.25) is 5.91 Å². The fraction of sp³-hybridized carbons (Fsp3) is 0.294. The van der Waals surface area contributed by atoms with E-state index >= 15 is 0 Å². The first kappa shape index (κ1) is 16.4. The Morgan fingerprint density at radius 2 is 1.91 bits per heavy atom. The van der Waals surface area contributed by atoms with E-state index in [9.17, 15) is 9.59 Å². The molecule has 0 radical (unpaired) electrons. The second kappa shape index (κ2) is 8.44. The highest BCUT2D eigenvalue weighted by molar-refractivity contribution is 8.00. The molecular formula is C17H20N2O2S. The average Bonchev–Trinajstić information content (AvgIpc) is 2.53. The number of amides is 1. The van der Waals surface area contributed by atoms with E-state index in [1.165, 1.54) is 11.0 Å². The Balaban J connectivity index is 1.71. The van der Waals surface area contributed by atoms with Crippen molar-refractivity contribution in [1.29, 1.82) is 0 Å². The summed E-state index contributed by atoms with van der Waals surface area (Å²) in [5, 5.41) is 3.21. The van der Waals surface area contributed by atoms with Crippen LogP contribution in [-0.4, -0.2) is 22.3 Å². The van der Waals surface area contributed by atoms with E-state index in [-0.39, 0.29) is 11.5 Å². The molecule has 1 aromatic carbocycles. The Morgan fingerprint density at radius 1 is 1.18 bits per heavy atom. The molecule has 1 heterocycles. The molecule has 0 spiro atoms. The number of carbonyl (C=O) groups is 1. The third-order valence-electron chi connectivity index (χ3n) is 3.15. The maximum atomic E-state index is 11.8. The zero-order chi connectivity index (χ0) is 15.8. The third kappa shape index (κ3) is 5.41. The molecule has 22 heavy (non-hydrogen) atoms.